The number of carbonyl (C=O) groups is 1. The van der Waals surface area contributed by atoms with Crippen molar-refractivity contribution in [1.29, 1.82) is 0 Å². The molecule has 1 aromatic heterocycles. The highest BCUT2D eigenvalue weighted by atomic mass is 16.5. The summed E-state index contributed by atoms with van der Waals surface area (Å²) in [6.07, 6.45) is 1.62. The van der Waals surface area contributed by atoms with Crippen LogP contribution in [0.15, 0.2) is 18.3 Å². The Hall–Kier alpha value is -1.62. The van der Waals surface area contributed by atoms with E-state index in [2.05, 4.69) is 9.72 Å². The number of aromatic nitrogens is 1. The van der Waals surface area contributed by atoms with Crippen molar-refractivity contribution < 1.29 is 14.3 Å². The van der Waals surface area contributed by atoms with Gasteiger partial charge in [-0.2, -0.15) is 0 Å². The third-order valence-corrected chi connectivity index (χ3v) is 2.25. The standard InChI is InChI=1S/C12H18N2O3/c1-8(2)17-9-5-6-10(14-7-9)12(3,13)11(15)16-4/h5-8H,13H2,1-4H3. The van der Waals surface area contributed by atoms with Crippen LogP contribution in [-0.4, -0.2) is 24.2 Å². The summed E-state index contributed by atoms with van der Waals surface area (Å²) < 4.78 is 10.1. The van der Waals surface area contributed by atoms with Crippen molar-refractivity contribution in [1.82, 2.24) is 4.98 Å². The molecule has 1 heterocycles. The molecule has 94 valence electrons. The zero-order valence-electron chi connectivity index (χ0n) is 10.6. The van der Waals surface area contributed by atoms with Gasteiger partial charge in [0, 0.05) is 0 Å². The Kier molecular flexibility index (Phi) is 4.07. The number of esters is 1. The van der Waals surface area contributed by atoms with Crippen LogP contribution in [0.3, 0.4) is 0 Å². The van der Waals surface area contributed by atoms with Crippen LogP contribution in [0.4, 0.5) is 0 Å². The van der Waals surface area contributed by atoms with Crippen molar-refractivity contribution in [3.63, 3.8) is 0 Å². The predicted molar refractivity (Wildman–Crippen MR) is 63.6 cm³/mol. The monoisotopic (exact) mass is 238 g/mol. The highest BCUT2D eigenvalue weighted by molar-refractivity contribution is 5.81. The summed E-state index contributed by atoms with van der Waals surface area (Å²) in [7, 11) is 1.30. The lowest BCUT2D eigenvalue weighted by Crippen LogP contribution is -2.43. The van der Waals surface area contributed by atoms with Gasteiger partial charge in [0.25, 0.3) is 0 Å². The Balaban J connectivity index is 2.90. The van der Waals surface area contributed by atoms with Crippen molar-refractivity contribution in [2.45, 2.75) is 32.4 Å². The van der Waals surface area contributed by atoms with Gasteiger partial charge in [0.2, 0.25) is 0 Å². The van der Waals surface area contributed by atoms with E-state index in [1.807, 2.05) is 13.8 Å². The van der Waals surface area contributed by atoms with Crippen LogP contribution in [0.25, 0.3) is 0 Å². The van der Waals surface area contributed by atoms with Crippen LogP contribution in [0.5, 0.6) is 5.75 Å². The van der Waals surface area contributed by atoms with E-state index in [9.17, 15) is 4.79 Å². The van der Waals surface area contributed by atoms with E-state index in [4.69, 9.17) is 10.5 Å². The van der Waals surface area contributed by atoms with Gasteiger partial charge in [-0.1, -0.05) is 0 Å². The number of hydrogen-bond donors (Lipinski definition) is 1. The third-order valence-electron chi connectivity index (χ3n) is 2.25. The molecule has 0 spiro atoms. The van der Waals surface area contributed by atoms with Gasteiger partial charge in [0.05, 0.1) is 25.1 Å². The van der Waals surface area contributed by atoms with Crippen LogP contribution < -0.4 is 10.5 Å². The molecule has 0 fully saturated rings. The first-order valence-corrected chi connectivity index (χ1v) is 5.38. The van der Waals surface area contributed by atoms with Crippen molar-refractivity contribution in [2.24, 2.45) is 5.73 Å². The zero-order valence-corrected chi connectivity index (χ0v) is 10.6. The number of rotatable bonds is 4. The minimum Gasteiger partial charge on any atom is -0.489 e. The topological polar surface area (TPSA) is 74.4 Å². The van der Waals surface area contributed by atoms with Crippen molar-refractivity contribution >= 4 is 5.97 Å². The van der Waals surface area contributed by atoms with Gasteiger partial charge in [-0.3, -0.25) is 4.98 Å². The Labute approximate surface area is 101 Å². The molecule has 17 heavy (non-hydrogen) atoms. The van der Waals surface area contributed by atoms with E-state index < -0.39 is 11.5 Å². The summed E-state index contributed by atoms with van der Waals surface area (Å²) in [5, 5.41) is 0. The Morgan fingerprint density at radius 3 is 2.53 bits per heavy atom. The first-order chi connectivity index (χ1) is 7.87. The van der Waals surface area contributed by atoms with Gasteiger partial charge < -0.3 is 15.2 Å². The lowest BCUT2D eigenvalue weighted by Gasteiger charge is -2.21. The molecule has 0 amide bonds. The van der Waals surface area contributed by atoms with E-state index in [0.29, 0.717) is 11.4 Å². The molecule has 0 radical (unpaired) electrons. The Morgan fingerprint density at radius 2 is 2.12 bits per heavy atom. The number of nitrogens with zero attached hydrogens (tertiary/aromatic N) is 1. The second-order valence-corrected chi connectivity index (χ2v) is 4.24. The molecular formula is C12H18N2O3. The molecule has 0 aliphatic rings. The maximum absolute atomic E-state index is 11.5. The molecule has 1 rings (SSSR count). The van der Waals surface area contributed by atoms with E-state index in [-0.39, 0.29) is 6.10 Å². The summed E-state index contributed by atoms with van der Waals surface area (Å²) in [4.78, 5) is 15.6. The molecule has 5 nitrogen and oxygen atoms in total. The van der Waals surface area contributed by atoms with Crippen LogP contribution in [0, 0.1) is 0 Å². The molecule has 0 aromatic carbocycles. The fraction of sp³-hybridized carbons (Fsp3) is 0.500. The Morgan fingerprint density at radius 1 is 1.47 bits per heavy atom. The summed E-state index contributed by atoms with van der Waals surface area (Å²) in [6.45, 7) is 5.41. The first kappa shape index (κ1) is 13.4. The lowest BCUT2D eigenvalue weighted by atomic mass is 9.99. The SMILES string of the molecule is COC(=O)C(C)(N)c1ccc(OC(C)C)cn1. The first-order valence-electron chi connectivity index (χ1n) is 5.38. The van der Waals surface area contributed by atoms with Crippen molar-refractivity contribution in [2.75, 3.05) is 7.11 Å². The number of ether oxygens (including phenoxy) is 2. The van der Waals surface area contributed by atoms with Gasteiger partial charge in [-0.15, -0.1) is 0 Å². The average molecular weight is 238 g/mol. The molecule has 0 saturated carbocycles. The van der Waals surface area contributed by atoms with Crippen molar-refractivity contribution in [3.8, 4) is 5.75 Å². The molecule has 1 aromatic rings. The fourth-order valence-corrected chi connectivity index (χ4v) is 1.35. The van der Waals surface area contributed by atoms with Gasteiger partial charge in [-0.05, 0) is 32.9 Å². The van der Waals surface area contributed by atoms with Crippen LogP contribution in [0.2, 0.25) is 0 Å². The number of pyridine rings is 1. The summed E-state index contributed by atoms with van der Waals surface area (Å²) >= 11 is 0. The lowest BCUT2D eigenvalue weighted by molar-refractivity contribution is -0.146. The average Bonchev–Trinajstić information content (AvgIpc) is 2.27. The van der Waals surface area contributed by atoms with E-state index >= 15 is 0 Å². The molecule has 5 heteroatoms. The summed E-state index contributed by atoms with van der Waals surface area (Å²) in [5.74, 6) is 0.118. The number of hydrogen-bond acceptors (Lipinski definition) is 5. The van der Waals surface area contributed by atoms with Gasteiger partial charge in [-0.25, -0.2) is 4.79 Å². The molecule has 1 unspecified atom stereocenters. The number of methoxy groups -OCH3 is 1. The largest absolute Gasteiger partial charge is 0.489 e. The maximum Gasteiger partial charge on any atom is 0.331 e. The molecule has 1 atom stereocenters. The van der Waals surface area contributed by atoms with Gasteiger partial charge in [0.1, 0.15) is 5.75 Å². The molecule has 0 bridgehead atoms. The minimum atomic E-state index is -1.24. The minimum absolute atomic E-state index is 0.0764. The van der Waals surface area contributed by atoms with Crippen LogP contribution >= 0.6 is 0 Å². The highest BCUT2D eigenvalue weighted by Gasteiger charge is 2.33. The maximum atomic E-state index is 11.5. The normalized spacial score (nSPS) is 14.2. The molecule has 2 N–H and O–H groups in total. The second kappa shape index (κ2) is 5.14. The van der Waals surface area contributed by atoms with E-state index in [1.165, 1.54) is 7.11 Å². The van der Waals surface area contributed by atoms with E-state index in [1.54, 1.807) is 25.3 Å². The fourth-order valence-electron chi connectivity index (χ4n) is 1.35. The van der Waals surface area contributed by atoms with E-state index in [0.717, 1.165) is 0 Å². The quantitative estimate of drug-likeness (QED) is 0.798. The predicted octanol–water partition coefficient (Wildman–Crippen LogP) is 1.22. The van der Waals surface area contributed by atoms with Crippen LogP contribution in [-0.2, 0) is 15.1 Å². The van der Waals surface area contributed by atoms with Gasteiger partial charge >= 0.3 is 5.97 Å². The zero-order chi connectivity index (χ0) is 13.1. The molecule has 0 aliphatic heterocycles. The number of carbonyl (C=O) groups excluding carboxylic acids is 1. The van der Waals surface area contributed by atoms with Gasteiger partial charge in [0.15, 0.2) is 5.54 Å². The smallest absolute Gasteiger partial charge is 0.331 e. The highest BCUT2D eigenvalue weighted by Crippen LogP contribution is 2.19. The summed E-state index contributed by atoms with van der Waals surface area (Å²) in [6, 6.07) is 3.39. The second-order valence-electron chi connectivity index (χ2n) is 4.24. The Bertz CT molecular complexity index is 385. The number of nitrogens with two attached hydrogens (primary N) is 1. The summed E-state index contributed by atoms with van der Waals surface area (Å²) in [5.41, 5.74) is 5.07. The molecular weight excluding hydrogens is 220 g/mol. The third kappa shape index (κ3) is 3.17. The van der Waals surface area contributed by atoms with Crippen LogP contribution in [0.1, 0.15) is 26.5 Å². The molecule has 0 saturated heterocycles. The van der Waals surface area contributed by atoms with Crippen molar-refractivity contribution in [3.05, 3.63) is 24.0 Å². The molecule has 0 aliphatic carbocycles.